The zero-order chi connectivity index (χ0) is 16.1. The molecule has 2 aromatic carbocycles. The minimum Gasteiger partial charge on any atom is -0.333 e. The predicted octanol–water partition coefficient (Wildman–Crippen LogP) is 4.10. The summed E-state index contributed by atoms with van der Waals surface area (Å²) >= 11 is 0. The molecule has 0 radical (unpaired) electrons. The lowest BCUT2D eigenvalue weighted by molar-refractivity contribution is 0.353. The molecule has 2 N–H and O–H groups in total. The molecule has 0 saturated heterocycles. The smallest absolute Gasteiger partial charge is 0.287 e. The summed E-state index contributed by atoms with van der Waals surface area (Å²) in [6.45, 7) is 0. The quantitative estimate of drug-likeness (QED) is 0.643. The fourth-order valence-electron chi connectivity index (χ4n) is 2.61. The molecule has 23 heavy (non-hydrogen) atoms. The summed E-state index contributed by atoms with van der Waals surface area (Å²) in [7, 11) is -2.32. The summed E-state index contributed by atoms with van der Waals surface area (Å²) in [4.78, 5) is 20.2. The second-order valence-corrected chi connectivity index (χ2v) is 6.05. The summed E-state index contributed by atoms with van der Waals surface area (Å²) in [5.41, 5.74) is 2.64. The van der Waals surface area contributed by atoms with Gasteiger partial charge in [-0.25, -0.2) is 0 Å². The topological polar surface area (TPSA) is 43.7 Å². The first-order chi connectivity index (χ1) is 11.3. The van der Waals surface area contributed by atoms with Crippen molar-refractivity contribution < 1.29 is 9.79 Å². The maximum absolute atomic E-state index is 10.1. The predicted molar refractivity (Wildman–Crippen MR) is 93.0 cm³/mol. The highest BCUT2D eigenvalue weighted by atomic mass is 31.2. The van der Waals surface area contributed by atoms with Gasteiger partial charge in [0, 0.05) is 6.08 Å². The number of hydrogen-bond acceptors (Lipinski definition) is 3. The van der Waals surface area contributed by atoms with Crippen molar-refractivity contribution in [2.45, 2.75) is 6.04 Å². The second kappa shape index (κ2) is 7.32. The molecule has 0 unspecified atom stereocenters. The Morgan fingerprint density at radius 1 is 0.826 bits per heavy atom. The number of hydrogen-bond donors (Lipinski definition) is 2. The van der Waals surface area contributed by atoms with Gasteiger partial charge in [0.15, 0.2) is 0 Å². The van der Waals surface area contributed by atoms with E-state index in [-0.39, 0.29) is 6.04 Å². The molecule has 0 aliphatic heterocycles. The van der Waals surface area contributed by atoms with Gasteiger partial charge in [0.1, 0.15) is 6.08 Å². The average molecular weight is 322 g/mol. The van der Waals surface area contributed by atoms with Crippen molar-refractivity contribution in [2.24, 2.45) is 0 Å². The number of nitrogens with zero attached hydrogens (tertiary/aromatic N) is 1. The molecule has 3 nitrogen and oxygen atoms in total. The minimum absolute atomic E-state index is 0.294. The Kier molecular flexibility index (Phi) is 4.97. The van der Waals surface area contributed by atoms with Crippen molar-refractivity contribution in [1.82, 2.24) is 4.67 Å². The van der Waals surface area contributed by atoms with E-state index in [4.69, 9.17) is 0 Å². The van der Waals surface area contributed by atoms with Crippen LogP contribution in [0.15, 0.2) is 90.7 Å². The second-order valence-electron chi connectivity index (χ2n) is 5.08. The van der Waals surface area contributed by atoms with E-state index in [9.17, 15) is 9.79 Å². The van der Waals surface area contributed by atoms with Gasteiger partial charge in [-0.1, -0.05) is 60.7 Å². The molecule has 114 valence electrons. The van der Waals surface area contributed by atoms with E-state index in [0.717, 1.165) is 11.1 Å². The van der Waals surface area contributed by atoms with Crippen LogP contribution >= 0.6 is 8.53 Å². The molecule has 2 aromatic rings. The Morgan fingerprint density at radius 3 is 1.83 bits per heavy atom. The van der Waals surface area contributed by atoms with E-state index in [1.165, 1.54) is 0 Å². The number of allylic oxidation sites excluding steroid dienone is 5. The summed E-state index contributed by atoms with van der Waals surface area (Å²) < 4.78 is 1.61. The van der Waals surface area contributed by atoms with Crippen molar-refractivity contribution in [3.63, 3.8) is 0 Å². The lowest BCUT2D eigenvalue weighted by Crippen LogP contribution is -2.24. The molecule has 0 amide bonds. The largest absolute Gasteiger partial charge is 0.333 e. The Labute approximate surface area is 137 Å². The lowest BCUT2D eigenvalue weighted by Gasteiger charge is -2.32. The normalized spacial score (nSPS) is 13.1. The van der Waals surface area contributed by atoms with Crippen molar-refractivity contribution in [3.05, 3.63) is 108 Å². The molecule has 1 aliphatic carbocycles. The van der Waals surface area contributed by atoms with Crippen molar-refractivity contribution in [2.75, 3.05) is 0 Å². The first-order valence-electron chi connectivity index (χ1n) is 7.31. The fourth-order valence-corrected chi connectivity index (χ4v) is 3.40. The zero-order valence-corrected chi connectivity index (χ0v) is 13.3. The van der Waals surface area contributed by atoms with Gasteiger partial charge < -0.3 is 9.79 Å². The lowest BCUT2D eigenvalue weighted by atomic mass is 9.98. The van der Waals surface area contributed by atoms with Crippen LogP contribution in [0.25, 0.3) is 0 Å². The summed E-state index contributed by atoms with van der Waals surface area (Å²) in [5, 5.41) is 0. The third-order valence-corrected chi connectivity index (χ3v) is 4.44. The number of rotatable bonds is 5. The summed E-state index contributed by atoms with van der Waals surface area (Å²) in [5.74, 6) is 0. The first kappa shape index (κ1) is 15.6. The Balaban J connectivity index is 2.11. The number of benzene rings is 2. The van der Waals surface area contributed by atoms with Crippen LogP contribution in [0.5, 0.6) is 0 Å². The van der Waals surface area contributed by atoms with E-state index < -0.39 is 8.53 Å². The van der Waals surface area contributed by atoms with Gasteiger partial charge in [0.2, 0.25) is 5.70 Å². The Bertz CT molecular complexity index is 684. The standard InChI is InChI=1S/C19H17NO2P/c21-23(22)20(18-14-8-3-9-15-18)19(16-10-4-1-5-11-16)17-12-6-2-7-13-17/h1-14,19,21-22H/q+1. The third-order valence-electron chi connectivity index (χ3n) is 3.61. The monoisotopic (exact) mass is 322 g/mol. The van der Waals surface area contributed by atoms with Gasteiger partial charge >= 0.3 is 0 Å². The molecule has 0 saturated carbocycles. The highest BCUT2D eigenvalue weighted by Crippen LogP contribution is 2.45. The summed E-state index contributed by atoms with van der Waals surface area (Å²) in [6, 6.07) is 19.4. The van der Waals surface area contributed by atoms with Crippen LogP contribution in [0.3, 0.4) is 0 Å². The van der Waals surface area contributed by atoms with Crippen molar-refractivity contribution >= 4 is 8.53 Å². The maximum atomic E-state index is 10.1. The molecule has 0 aromatic heterocycles. The van der Waals surface area contributed by atoms with E-state index >= 15 is 0 Å². The van der Waals surface area contributed by atoms with E-state index in [1.54, 1.807) is 10.7 Å². The Hall–Kier alpha value is -2.28. The van der Waals surface area contributed by atoms with Gasteiger partial charge in [-0.3, -0.25) is 4.67 Å². The first-order valence-corrected chi connectivity index (χ1v) is 8.51. The van der Waals surface area contributed by atoms with Crippen LogP contribution in [0.2, 0.25) is 0 Å². The minimum atomic E-state index is -2.32. The highest BCUT2D eigenvalue weighted by Gasteiger charge is 2.32. The molecule has 4 heteroatoms. The van der Waals surface area contributed by atoms with Crippen molar-refractivity contribution in [1.29, 1.82) is 0 Å². The molecule has 0 spiro atoms. The summed E-state index contributed by atoms with van der Waals surface area (Å²) in [6.07, 6.45) is 10.4. The van der Waals surface area contributed by atoms with Crippen LogP contribution in [0.4, 0.5) is 0 Å². The van der Waals surface area contributed by atoms with Gasteiger partial charge in [-0.05, 0) is 11.1 Å². The van der Waals surface area contributed by atoms with E-state index in [1.807, 2.05) is 78.9 Å². The molecule has 0 fully saturated rings. The van der Waals surface area contributed by atoms with Crippen LogP contribution in [-0.4, -0.2) is 14.5 Å². The molecule has 3 rings (SSSR count). The molecule has 0 atom stereocenters. The van der Waals surface area contributed by atoms with E-state index in [0.29, 0.717) is 5.70 Å². The van der Waals surface area contributed by atoms with E-state index in [2.05, 4.69) is 6.08 Å². The zero-order valence-electron chi connectivity index (χ0n) is 12.4. The molecule has 0 bridgehead atoms. The Morgan fingerprint density at radius 2 is 1.39 bits per heavy atom. The molecule has 0 heterocycles. The molecule has 1 aliphatic rings. The average Bonchev–Trinajstić information content (AvgIpc) is 2.61. The SMILES string of the molecule is OP(O)N(C1=CC=CC=[C+]1)C(c1ccccc1)c1ccccc1. The van der Waals surface area contributed by atoms with Gasteiger partial charge in [-0.2, -0.15) is 0 Å². The van der Waals surface area contributed by atoms with Crippen molar-refractivity contribution in [3.8, 4) is 0 Å². The van der Waals surface area contributed by atoms with Gasteiger partial charge in [0.25, 0.3) is 8.53 Å². The highest BCUT2D eigenvalue weighted by molar-refractivity contribution is 7.42. The third kappa shape index (κ3) is 3.56. The molecular formula is C19H17NO2P+. The van der Waals surface area contributed by atoms with Crippen LogP contribution in [0, 0.1) is 6.08 Å². The van der Waals surface area contributed by atoms with Gasteiger partial charge in [-0.15, -0.1) is 0 Å². The molecular weight excluding hydrogens is 305 g/mol. The van der Waals surface area contributed by atoms with Crippen LogP contribution < -0.4 is 0 Å². The maximum Gasteiger partial charge on any atom is 0.287 e. The van der Waals surface area contributed by atoms with Gasteiger partial charge in [0.05, 0.1) is 24.3 Å². The fraction of sp³-hybridized carbons (Fsp3) is 0.0526. The van der Waals surface area contributed by atoms with Crippen LogP contribution in [-0.2, 0) is 0 Å². The van der Waals surface area contributed by atoms with Crippen LogP contribution in [0.1, 0.15) is 17.2 Å².